The molecule has 0 fully saturated rings. The van der Waals surface area contributed by atoms with Gasteiger partial charge in [-0.1, -0.05) is 18.2 Å². The first-order chi connectivity index (χ1) is 9.33. The van der Waals surface area contributed by atoms with Crippen LogP contribution in [0.2, 0.25) is 0 Å². The Bertz CT molecular complexity index is 683. The van der Waals surface area contributed by atoms with Crippen molar-refractivity contribution in [2.75, 3.05) is 7.05 Å². The summed E-state index contributed by atoms with van der Waals surface area (Å²) in [4.78, 5) is 0. The van der Waals surface area contributed by atoms with Crippen LogP contribution in [-0.4, -0.2) is 16.8 Å². The van der Waals surface area contributed by atoms with Crippen LogP contribution in [0.3, 0.4) is 0 Å². The van der Waals surface area contributed by atoms with Gasteiger partial charge in [0.05, 0.1) is 12.2 Å². The zero-order valence-corrected chi connectivity index (χ0v) is 11.9. The highest BCUT2D eigenvalue weighted by Gasteiger charge is 2.17. The first-order valence-electron chi connectivity index (χ1n) is 6.49. The number of benzene rings is 1. The Kier molecular flexibility index (Phi) is 3.36. The molecule has 0 bridgehead atoms. The lowest BCUT2D eigenvalue weighted by Gasteiger charge is -2.13. The number of nitrogens with zero attached hydrogens (tertiary/aromatic N) is 2. The first-order valence-corrected chi connectivity index (χ1v) is 7.37. The molecule has 3 nitrogen and oxygen atoms in total. The minimum absolute atomic E-state index is 0.205. The maximum atomic E-state index is 4.37. The van der Waals surface area contributed by atoms with Gasteiger partial charge in [0.25, 0.3) is 0 Å². The number of aryl methyl sites for hydroxylation is 1. The van der Waals surface area contributed by atoms with E-state index in [9.17, 15) is 0 Å². The van der Waals surface area contributed by atoms with Crippen LogP contribution in [0.4, 0.5) is 0 Å². The topological polar surface area (TPSA) is 29.9 Å². The molecule has 1 aromatic carbocycles. The highest BCUT2D eigenvalue weighted by Crippen LogP contribution is 2.33. The van der Waals surface area contributed by atoms with E-state index in [1.54, 1.807) is 11.3 Å². The molecule has 0 saturated carbocycles. The maximum Gasteiger partial charge on any atom is 0.0619 e. The van der Waals surface area contributed by atoms with Gasteiger partial charge in [0.2, 0.25) is 0 Å². The van der Waals surface area contributed by atoms with Crippen LogP contribution in [0.15, 0.2) is 42.0 Å². The molecule has 1 atom stereocenters. The number of thiophene rings is 1. The standard InChI is InChI=1S/C15H17N3S/c1-3-18-9-11(8-17-18)15(16-2)13-10-19-14-7-5-4-6-12(13)14/h4-10,15-16H,3H2,1-2H3. The van der Waals surface area contributed by atoms with Crippen LogP contribution in [-0.2, 0) is 6.54 Å². The van der Waals surface area contributed by atoms with Gasteiger partial charge < -0.3 is 5.32 Å². The van der Waals surface area contributed by atoms with Crippen molar-refractivity contribution in [3.05, 3.63) is 53.2 Å². The van der Waals surface area contributed by atoms with Gasteiger partial charge >= 0.3 is 0 Å². The molecule has 3 aromatic rings. The Morgan fingerprint density at radius 1 is 1.37 bits per heavy atom. The molecule has 2 aromatic heterocycles. The summed E-state index contributed by atoms with van der Waals surface area (Å²) >= 11 is 1.80. The molecule has 0 aliphatic heterocycles. The van der Waals surface area contributed by atoms with Crippen molar-refractivity contribution in [3.8, 4) is 0 Å². The van der Waals surface area contributed by atoms with Gasteiger partial charge in [0.15, 0.2) is 0 Å². The Labute approximate surface area is 116 Å². The van der Waals surface area contributed by atoms with Crippen LogP contribution in [0.5, 0.6) is 0 Å². The Morgan fingerprint density at radius 3 is 2.95 bits per heavy atom. The molecular formula is C15H17N3S. The van der Waals surface area contributed by atoms with Crippen molar-refractivity contribution in [3.63, 3.8) is 0 Å². The molecule has 0 radical (unpaired) electrons. The summed E-state index contributed by atoms with van der Waals surface area (Å²) in [5.41, 5.74) is 2.55. The number of hydrogen-bond acceptors (Lipinski definition) is 3. The molecule has 0 aliphatic rings. The monoisotopic (exact) mass is 271 g/mol. The van der Waals surface area contributed by atoms with Crippen LogP contribution >= 0.6 is 11.3 Å². The van der Waals surface area contributed by atoms with E-state index in [0.29, 0.717) is 0 Å². The van der Waals surface area contributed by atoms with E-state index in [-0.39, 0.29) is 6.04 Å². The van der Waals surface area contributed by atoms with Crippen LogP contribution in [0.25, 0.3) is 10.1 Å². The van der Waals surface area contributed by atoms with Crippen LogP contribution < -0.4 is 5.32 Å². The number of aromatic nitrogens is 2. The number of hydrogen-bond donors (Lipinski definition) is 1. The smallest absolute Gasteiger partial charge is 0.0619 e. The largest absolute Gasteiger partial charge is 0.309 e. The summed E-state index contributed by atoms with van der Waals surface area (Å²) in [6, 6.07) is 8.75. The van der Waals surface area contributed by atoms with Crippen molar-refractivity contribution in [2.24, 2.45) is 0 Å². The molecule has 0 amide bonds. The number of rotatable bonds is 4. The van der Waals surface area contributed by atoms with E-state index in [4.69, 9.17) is 0 Å². The number of fused-ring (bicyclic) bond motifs is 1. The highest BCUT2D eigenvalue weighted by molar-refractivity contribution is 7.17. The molecule has 3 rings (SSSR count). The van der Waals surface area contributed by atoms with Crippen molar-refractivity contribution >= 4 is 21.4 Å². The molecule has 2 heterocycles. The van der Waals surface area contributed by atoms with Crippen LogP contribution in [0.1, 0.15) is 24.1 Å². The molecule has 1 N–H and O–H groups in total. The fourth-order valence-electron chi connectivity index (χ4n) is 2.43. The van der Waals surface area contributed by atoms with E-state index < -0.39 is 0 Å². The van der Waals surface area contributed by atoms with Crippen molar-refractivity contribution < 1.29 is 0 Å². The molecule has 19 heavy (non-hydrogen) atoms. The average molecular weight is 271 g/mol. The molecule has 0 saturated heterocycles. The second-order valence-electron chi connectivity index (χ2n) is 4.54. The Balaban J connectivity index is 2.06. The van der Waals surface area contributed by atoms with E-state index in [1.165, 1.54) is 21.2 Å². The minimum Gasteiger partial charge on any atom is -0.309 e. The second-order valence-corrected chi connectivity index (χ2v) is 5.45. The molecule has 1 unspecified atom stereocenters. The fourth-order valence-corrected chi connectivity index (χ4v) is 3.41. The van der Waals surface area contributed by atoms with E-state index in [1.807, 2.05) is 17.9 Å². The molecule has 98 valence electrons. The predicted molar refractivity (Wildman–Crippen MR) is 80.6 cm³/mol. The summed E-state index contributed by atoms with van der Waals surface area (Å²) in [5, 5.41) is 11.4. The zero-order valence-electron chi connectivity index (χ0n) is 11.1. The zero-order chi connectivity index (χ0) is 13.2. The van der Waals surface area contributed by atoms with Gasteiger partial charge in [-0.2, -0.15) is 5.10 Å². The summed E-state index contributed by atoms with van der Waals surface area (Å²) in [6.07, 6.45) is 4.07. The normalized spacial score (nSPS) is 12.9. The van der Waals surface area contributed by atoms with E-state index in [0.717, 1.165) is 6.54 Å². The minimum atomic E-state index is 0.205. The lowest BCUT2D eigenvalue weighted by atomic mass is 10.0. The van der Waals surface area contributed by atoms with Gasteiger partial charge in [-0.3, -0.25) is 4.68 Å². The Hall–Kier alpha value is -1.65. The summed E-state index contributed by atoms with van der Waals surface area (Å²) in [7, 11) is 2.00. The quantitative estimate of drug-likeness (QED) is 0.788. The van der Waals surface area contributed by atoms with E-state index >= 15 is 0 Å². The Morgan fingerprint density at radius 2 is 2.21 bits per heavy atom. The van der Waals surface area contributed by atoms with Crippen LogP contribution in [0, 0.1) is 0 Å². The molecule has 0 spiro atoms. The van der Waals surface area contributed by atoms with Gasteiger partial charge in [-0.25, -0.2) is 0 Å². The molecule has 4 heteroatoms. The third kappa shape index (κ3) is 2.17. The summed E-state index contributed by atoms with van der Waals surface area (Å²) < 4.78 is 3.30. The molecule has 0 aliphatic carbocycles. The third-order valence-corrected chi connectivity index (χ3v) is 4.40. The van der Waals surface area contributed by atoms with Gasteiger partial charge in [-0.15, -0.1) is 11.3 Å². The summed E-state index contributed by atoms with van der Waals surface area (Å²) in [5.74, 6) is 0. The summed E-state index contributed by atoms with van der Waals surface area (Å²) in [6.45, 7) is 3.01. The average Bonchev–Trinajstić information content (AvgIpc) is 3.07. The first kappa shape index (κ1) is 12.4. The fraction of sp³-hybridized carbons (Fsp3) is 0.267. The van der Waals surface area contributed by atoms with Gasteiger partial charge in [-0.05, 0) is 36.4 Å². The lowest BCUT2D eigenvalue weighted by molar-refractivity contribution is 0.654. The van der Waals surface area contributed by atoms with Gasteiger partial charge in [0, 0.05) is 23.0 Å². The lowest BCUT2D eigenvalue weighted by Crippen LogP contribution is -2.16. The van der Waals surface area contributed by atoms with E-state index in [2.05, 4.69) is 53.2 Å². The SMILES string of the molecule is CCn1cc(C(NC)c2csc3ccccc23)cn1. The second kappa shape index (κ2) is 5.15. The number of nitrogens with one attached hydrogen (secondary N) is 1. The predicted octanol–water partition coefficient (Wildman–Crippen LogP) is 3.43. The maximum absolute atomic E-state index is 4.37. The third-order valence-electron chi connectivity index (χ3n) is 3.42. The van der Waals surface area contributed by atoms with Gasteiger partial charge in [0.1, 0.15) is 0 Å². The van der Waals surface area contributed by atoms with Crippen molar-refractivity contribution in [1.29, 1.82) is 0 Å². The molecular weight excluding hydrogens is 254 g/mol. The van der Waals surface area contributed by atoms with Crippen molar-refractivity contribution in [2.45, 2.75) is 19.5 Å². The highest BCUT2D eigenvalue weighted by atomic mass is 32.1. The van der Waals surface area contributed by atoms with Crippen molar-refractivity contribution in [1.82, 2.24) is 15.1 Å².